The van der Waals surface area contributed by atoms with E-state index in [2.05, 4.69) is 13.8 Å². The number of ether oxygens (including phenoxy) is 1. The molecule has 0 saturated heterocycles. The molecule has 3 unspecified atom stereocenters. The topological polar surface area (TPSA) is 9.23 Å². The number of alkyl halides is 2. The highest BCUT2D eigenvalue weighted by molar-refractivity contribution is 5.03. The zero-order valence-electron chi connectivity index (χ0n) is 10.4. The zero-order chi connectivity index (χ0) is 12.0. The quantitative estimate of drug-likeness (QED) is 0.709. The summed E-state index contributed by atoms with van der Waals surface area (Å²) < 4.78 is 30.8. The Labute approximate surface area is 96.6 Å². The molecule has 3 aliphatic rings. The van der Waals surface area contributed by atoms with Crippen LogP contribution in [0.3, 0.4) is 0 Å². The van der Waals surface area contributed by atoms with E-state index in [-0.39, 0.29) is 13.0 Å². The number of halogens is 2. The van der Waals surface area contributed by atoms with Gasteiger partial charge >= 0.3 is 6.11 Å². The van der Waals surface area contributed by atoms with Crippen LogP contribution in [0.25, 0.3) is 0 Å². The summed E-state index contributed by atoms with van der Waals surface area (Å²) in [4.78, 5) is 0. The van der Waals surface area contributed by atoms with Crippen LogP contribution in [0.2, 0.25) is 0 Å². The molecule has 3 aliphatic carbocycles. The molecule has 0 aliphatic heterocycles. The minimum absolute atomic E-state index is 0.226. The van der Waals surface area contributed by atoms with Crippen molar-refractivity contribution in [3.05, 3.63) is 0 Å². The molecule has 1 nitrogen and oxygen atoms in total. The molecule has 3 saturated carbocycles. The SMILES string of the molecule is CCC(F)(F)OCC1CCC2CC1C2(C)C. The van der Waals surface area contributed by atoms with E-state index in [9.17, 15) is 8.78 Å². The van der Waals surface area contributed by atoms with Crippen LogP contribution < -0.4 is 0 Å². The van der Waals surface area contributed by atoms with Gasteiger partial charge < -0.3 is 4.74 Å². The molecule has 0 radical (unpaired) electrons. The summed E-state index contributed by atoms with van der Waals surface area (Å²) in [6.07, 6.45) is 0.327. The Kier molecular flexibility index (Phi) is 3.02. The highest BCUT2D eigenvalue weighted by atomic mass is 19.3. The van der Waals surface area contributed by atoms with Crippen LogP contribution in [0.15, 0.2) is 0 Å². The second-order valence-corrected chi connectivity index (χ2v) is 6.00. The van der Waals surface area contributed by atoms with Crippen LogP contribution >= 0.6 is 0 Å². The van der Waals surface area contributed by atoms with Crippen molar-refractivity contribution in [3.8, 4) is 0 Å². The first-order valence-corrected chi connectivity index (χ1v) is 6.38. The molecule has 94 valence electrons. The van der Waals surface area contributed by atoms with Crippen molar-refractivity contribution in [2.24, 2.45) is 23.2 Å². The fourth-order valence-corrected chi connectivity index (χ4v) is 3.49. The van der Waals surface area contributed by atoms with Gasteiger partial charge in [-0.05, 0) is 42.4 Å². The second-order valence-electron chi connectivity index (χ2n) is 6.00. The van der Waals surface area contributed by atoms with E-state index in [0.29, 0.717) is 17.3 Å². The van der Waals surface area contributed by atoms with Gasteiger partial charge in [-0.2, -0.15) is 8.78 Å². The Hall–Kier alpha value is -0.180. The third kappa shape index (κ3) is 1.99. The Morgan fingerprint density at radius 2 is 2.00 bits per heavy atom. The summed E-state index contributed by atoms with van der Waals surface area (Å²) in [5.74, 6) is 1.76. The highest BCUT2D eigenvalue weighted by Crippen LogP contribution is 2.61. The Balaban J connectivity index is 1.87. The second kappa shape index (κ2) is 3.94. The molecule has 0 N–H and O–H groups in total. The lowest BCUT2D eigenvalue weighted by Crippen LogP contribution is -2.53. The summed E-state index contributed by atoms with van der Waals surface area (Å²) in [6.45, 7) is 6.25. The van der Waals surface area contributed by atoms with Gasteiger partial charge in [-0.3, -0.25) is 0 Å². The number of hydrogen-bond acceptors (Lipinski definition) is 1. The van der Waals surface area contributed by atoms with E-state index in [1.54, 1.807) is 0 Å². The van der Waals surface area contributed by atoms with Crippen LogP contribution in [-0.4, -0.2) is 12.7 Å². The molecule has 16 heavy (non-hydrogen) atoms. The van der Waals surface area contributed by atoms with E-state index < -0.39 is 6.11 Å². The molecule has 3 rings (SSSR count). The normalized spacial score (nSPS) is 36.9. The molecule has 0 aromatic rings. The molecule has 0 amide bonds. The number of hydrogen-bond donors (Lipinski definition) is 0. The van der Waals surface area contributed by atoms with Gasteiger partial charge in [-0.15, -0.1) is 0 Å². The fraction of sp³-hybridized carbons (Fsp3) is 1.00. The van der Waals surface area contributed by atoms with Crippen LogP contribution in [0.5, 0.6) is 0 Å². The van der Waals surface area contributed by atoms with E-state index in [4.69, 9.17) is 4.74 Å². The van der Waals surface area contributed by atoms with Crippen LogP contribution in [0, 0.1) is 23.2 Å². The summed E-state index contributed by atoms with van der Waals surface area (Å²) in [5, 5.41) is 0. The lowest BCUT2D eigenvalue weighted by molar-refractivity contribution is -0.257. The van der Waals surface area contributed by atoms with Crippen LogP contribution in [0.4, 0.5) is 8.78 Å². The van der Waals surface area contributed by atoms with Gasteiger partial charge in [0, 0.05) is 6.42 Å². The van der Waals surface area contributed by atoms with Crippen molar-refractivity contribution in [1.29, 1.82) is 0 Å². The molecule has 3 atom stereocenters. The molecule has 3 heteroatoms. The van der Waals surface area contributed by atoms with E-state index in [0.717, 1.165) is 12.3 Å². The van der Waals surface area contributed by atoms with Gasteiger partial charge in [-0.1, -0.05) is 20.8 Å². The number of fused-ring (bicyclic) bond motifs is 2. The van der Waals surface area contributed by atoms with Crippen molar-refractivity contribution in [3.63, 3.8) is 0 Å². The fourth-order valence-electron chi connectivity index (χ4n) is 3.49. The zero-order valence-corrected chi connectivity index (χ0v) is 10.4. The molecule has 0 spiro atoms. The third-order valence-electron chi connectivity index (χ3n) is 4.92. The molecular formula is C13H22F2O. The van der Waals surface area contributed by atoms with Crippen LogP contribution in [0.1, 0.15) is 46.5 Å². The lowest BCUT2D eigenvalue weighted by Gasteiger charge is -2.60. The van der Waals surface area contributed by atoms with Crippen LogP contribution in [-0.2, 0) is 4.74 Å². The average Bonchev–Trinajstić information content (AvgIpc) is 2.26. The highest BCUT2D eigenvalue weighted by Gasteiger charge is 2.54. The van der Waals surface area contributed by atoms with Gasteiger partial charge in [0.2, 0.25) is 0 Å². The Bertz CT molecular complexity index is 261. The van der Waals surface area contributed by atoms with E-state index in [1.165, 1.54) is 19.8 Å². The standard InChI is InChI=1S/C13H22F2O/c1-4-13(14,15)16-8-9-5-6-10-7-11(9)12(10,2)3/h9-11H,4-8H2,1-3H3. The molecule has 0 aromatic heterocycles. The van der Waals surface area contributed by atoms with Gasteiger partial charge in [0.25, 0.3) is 0 Å². The van der Waals surface area contributed by atoms with Gasteiger partial charge in [0.15, 0.2) is 0 Å². The van der Waals surface area contributed by atoms with E-state index in [1.807, 2.05) is 0 Å². The summed E-state index contributed by atoms with van der Waals surface area (Å²) in [6, 6.07) is 0. The summed E-state index contributed by atoms with van der Waals surface area (Å²) in [5.41, 5.74) is 0.355. The van der Waals surface area contributed by atoms with E-state index >= 15 is 0 Å². The minimum atomic E-state index is -2.93. The first-order chi connectivity index (χ1) is 7.37. The first-order valence-electron chi connectivity index (χ1n) is 6.38. The predicted molar refractivity (Wildman–Crippen MR) is 59.3 cm³/mol. The smallest absolute Gasteiger partial charge is 0.320 e. The molecule has 3 fully saturated rings. The summed E-state index contributed by atoms with van der Waals surface area (Å²) >= 11 is 0. The average molecular weight is 232 g/mol. The molecule has 0 aromatic carbocycles. The minimum Gasteiger partial charge on any atom is -0.320 e. The predicted octanol–water partition coefficient (Wildman–Crippen LogP) is 4.08. The lowest BCUT2D eigenvalue weighted by atomic mass is 9.46. The maximum Gasteiger partial charge on any atom is 0.355 e. The van der Waals surface area contributed by atoms with Gasteiger partial charge in [0.1, 0.15) is 0 Å². The number of rotatable bonds is 4. The maximum atomic E-state index is 13.0. The third-order valence-corrected chi connectivity index (χ3v) is 4.92. The Morgan fingerprint density at radius 1 is 1.31 bits per heavy atom. The molecular weight excluding hydrogens is 210 g/mol. The van der Waals surface area contributed by atoms with Crippen molar-refractivity contribution in [2.75, 3.05) is 6.61 Å². The molecule has 0 heterocycles. The largest absolute Gasteiger partial charge is 0.355 e. The van der Waals surface area contributed by atoms with Crippen molar-refractivity contribution in [2.45, 2.75) is 52.6 Å². The monoisotopic (exact) mass is 232 g/mol. The van der Waals surface area contributed by atoms with Gasteiger partial charge in [0.05, 0.1) is 6.61 Å². The summed E-state index contributed by atoms with van der Waals surface area (Å²) in [7, 11) is 0. The van der Waals surface area contributed by atoms with Crippen molar-refractivity contribution in [1.82, 2.24) is 0 Å². The Morgan fingerprint density at radius 3 is 2.50 bits per heavy atom. The molecule has 2 bridgehead atoms. The van der Waals surface area contributed by atoms with Crippen molar-refractivity contribution >= 4 is 0 Å². The van der Waals surface area contributed by atoms with Gasteiger partial charge in [-0.25, -0.2) is 0 Å². The first kappa shape index (κ1) is 12.3. The van der Waals surface area contributed by atoms with Crippen molar-refractivity contribution < 1.29 is 13.5 Å². The maximum absolute atomic E-state index is 13.0.